The van der Waals surface area contributed by atoms with E-state index in [0.717, 1.165) is 16.5 Å². The first-order chi connectivity index (χ1) is 19.5. The summed E-state index contributed by atoms with van der Waals surface area (Å²) in [5.41, 5.74) is 2.52. The smallest absolute Gasteiger partial charge is 0.261 e. The zero-order valence-electron chi connectivity index (χ0n) is 22.3. The number of amides is 1. The molecule has 1 aliphatic rings. The van der Waals surface area contributed by atoms with Crippen molar-refractivity contribution in [2.24, 2.45) is 0 Å². The molecule has 5 aromatic rings. The molecule has 0 radical (unpaired) electrons. The molecule has 0 bridgehead atoms. The number of carbonyl (C=O) groups is 1. The molecule has 0 saturated carbocycles. The molecule has 1 N–H and O–H groups in total. The van der Waals surface area contributed by atoms with Gasteiger partial charge in [-0.2, -0.15) is 0 Å². The Kier molecular flexibility index (Phi) is 6.51. The van der Waals surface area contributed by atoms with E-state index in [-0.39, 0.29) is 37.8 Å². The maximum atomic E-state index is 13.3. The van der Waals surface area contributed by atoms with Crippen LogP contribution in [0.15, 0.2) is 63.8 Å². The lowest BCUT2D eigenvalue weighted by molar-refractivity contribution is -0.120. The van der Waals surface area contributed by atoms with Gasteiger partial charge in [-0.1, -0.05) is 30.3 Å². The van der Waals surface area contributed by atoms with Gasteiger partial charge in [0.1, 0.15) is 17.2 Å². The van der Waals surface area contributed by atoms with Gasteiger partial charge >= 0.3 is 0 Å². The van der Waals surface area contributed by atoms with E-state index in [1.165, 1.54) is 18.8 Å². The monoisotopic (exact) mass is 541 g/mol. The summed E-state index contributed by atoms with van der Waals surface area (Å²) in [6, 6.07) is 16.6. The van der Waals surface area contributed by atoms with Crippen LogP contribution in [0.5, 0.6) is 23.0 Å². The van der Waals surface area contributed by atoms with E-state index >= 15 is 0 Å². The van der Waals surface area contributed by atoms with Gasteiger partial charge in [0, 0.05) is 41.7 Å². The molecule has 0 aliphatic carbocycles. The van der Waals surface area contributed by atoms with E-state index in [1.54, 1.807) is 25.1 Å². The molecule has 0 spiro atoms. The van der Waals surface area contributed by atoms with E-state index in [1.807, 2.05) is 36.4 Å². The first kappa shape index (κ1) is 25.3. The third kappa shape index (κ3) is 4.47. The highest BCUT2D eigenvalue weighted by molar-refractivity contribution is 5.94. The predicted molar refractivity (Wildman–Crippen MR) is 148 cm³/mol. The number of methoxy groups -OCH3 is 2. The molecule has 204 valence electrons. The van der Waals surface area contributed by atoms with Crippen LogP contribution in [-0.2, 0) is 17.8 Å². The van der Waals surface area contributed by atoms with Crippen LogP contribution >= 0.6 is 0 Å². The van der Waals surface area contributed by atoms with Crippen LogP contribution in [0.3, 0.4) is 0 Å². The highest BCUT2D eigenvalue weighted by Crippen LogP contribution is 2.42. The van der Waals surface area contributed by atoms with Crippen LogP contribution in [-0.4, -0.2) is 43.0 Å². The van der Waals surface area contributed by atoms with Crippen molar-refractivity contribution >= 4 is 27.8 Å². The van der Waals surface area contributed by atoms with Gasteiger partial charge in [-0.3, -0.25) is 14.2 Å². The number of furan rings is 1. The number of aryl methyl sites for hydroxylation is 1. The second kappa shape index (κ2) is 10.3. The van der Waals surface area contributed by atoms with Crippen molar-refractivity contribution in [1.29, 1.82) is 0 Å². The molecule has 0 atom stereocenters. The standard InChI is InChI=1S/C30H27N3O7/c1-17-32-22-14-25(37-3)24(36-2)12-21(22)30(35)33(17)10-9-31-28(34)13-20-19-11-26-27(39-16-38-26)15-23(19)40-29(20)18-7-5-4-6-8-18/h4-8,11-12,14-15H,9-10,13,16H2,1-3H3,(H,31,34). The molecule has 3 aromatic carbocycles. The van der Waals surface area contributed by atoms with Gasteiger partial charge in [-0.15, -0.1) is 0 Å². The van der Waals surface area contributed by atoms with E-state index < -0.39 is 0 Å². The molecule has 3 heterocycles. The highest BCUT2D eigenvalue weighted by Gasteiger charge is 2.23. The number of fused-ring (bicyclic) bond motifs is 3. The summed E-state index contributed by atoms with van der Waals surface area (Å²) in [4.78, 5) is 31.0. The number of hydrogen-bond donors (Lipinski definition) is 1. The van der Waals surface area contributed by atoms with Gasteiger partial charge in [-0.25, -0.2) is 4.98 Å². The lowest BCUT2D eigenvalue weighted by Crippen LogP contribution is -2.33. The Hall–Kier alpha value is -4.99. The molecule has 0 saturated heterocycles. The minimum atomic E-state index is -0.221. The first-order valence-corrected chi connectivity index (χ1v) is 12.8. The van der Waals surface area contributed by atoms with Crippen molar-refractivity contribution in [3.05, 3.63) is 76.3 Å². The molecule has 10 heteroatoms. The SMILES string of the molecule is COc1cc2nc(C)n(CCNC(=O)Cc3c(-c4ccccc4)oc4cc5c(cc34)OCO5)c(=O)c2cc1OC. The molecule has 10 nitrogen and oxygen atoms in total. The molecule has 0 fully saturated rings. The number of nitrogens with one attached hydrogen (secondary N) is 1. The summed E-state index contributed by atoms with van der Waals surface area (Å²) in [5.74, 6) is 3.11. The van der Waals surface area contributed by atoms with Crippen LogP contribution in [0, 0.1) is 6.92 Å². The van der Waals surface area contributed by atoms with Gasteiger partial charge in [-0.05, 0) is 19.1 Å². The van der Waals surface area contributed by atoms with E-state index in [2.05, 4.69) is 10.3 Å². The van der Waals surface area contributed by atoms with Crippen molar-refractivity contribution < 1.29 is 28.2 Å². The number of carbonyl (C=O) groups excluding carboxylic acids is 1. The van der Waals surface area contributed by atoms with E-state index in [4.69, 9.17) is 23.4 Å². The number of hydrogen-bond acceptors (Lipinski definition) is 8. The van der Waals surface area contributed by atoms with E-state index in [0.29, 0.717) is 51.1 Å². The zero-order chi connectivity index (χ0) is 27.8. The summed E-state index contributed by atoms with van der Waals surface area (Å²) in [6.45, 7) is 2.40. The minimum Gasteiger partial charge on any atom is -0.493 e. The second-order valence-electron chi connectivity index (χ2n) is 9.34. The van der Waals surface area contributed by atoms with Crippen LogP contribution in [0.4, 0.5) is 0 Å². The number of aromatic nitrogens is 2. The molecular formula is C30H27N3O7. The van der Waals surface area contributed by atoms with Crippen LogP contribution in [0.25, 0.3) is 33.2 Å². The lowest BCUT2D eigenvalue weighted by atomic mass is 10.0. The fraction of sp³-hybridized carbons (Fsp3) is 0.233. The average Bonchev–Trinajstić information content (AvgIpc) is 3.57. The van der Waals surface area contributed by atoms with Crippen molar-refractivity contribution in [3.63, 3.8) is 0 Å². The summed E-state index contributed by atoms with van der Waals surface area (Å²) < 4.78 is 29.5. The number of nitrogens with zero attached hydrogens (tertiary/aromatic N) is 2. The van der Waals surface area contributed by atoms with Crippen molar-refractivity contribution in [1.82, 2.24) is 14.9 Å². The number of ether oxygens (including phenoxy) is 4. The Morgan fingerprint density at radius 2 is 1.73 bits per heavy atom. The molecule has 6 rings (SSSR count). The third-order valence-corrected chi connectivity index (χ3v) is 6.97. The van der Waals surface area contributed by atoms with Crippen LogP contribution in [0.2, 0.25) is 0 Å². The highest BCUT2D eigenvalue weighted by atomic mass is 16.7. The van der Waals surface area contributed by atoms with Gasteiger partial charge in [0.15, 0.2) is 23.0 Å². The average molecular weight is 542 g/mol. The maximum Gasteiger partial charge on any atom is 0.261 e. The van der Waals surface area contributed by atoms with Gasteiger partial charge in [0.25, 0.3) is 5.56 Å². The Labute approximate surface area is 229 Å². The third-order valence-electron chi connectivity index (χ3n) is 6.97. The zero-order valence-corrected chi connectivity index (χ0v) is 22.3. The quantitative estimate of drug-likeness (QED) is 0.311. The Morgan fingerprint density at radius 3 is 2.48 bits per heavy atom. The van der Waals surface area contributed by atoms with Crippen molar-refractivity contribution in [3.8, 4) is 34.3 Å². The Bertz CT molecular complexity index is 1810. The fourth-order valence-corrected chi connectivity index (χ4v) is 4.99. The summed E-state index contributed by atoms with van der Waals surface area (Å²) in [7, 11) is 3.05. The van der Waals surface area contributed by atoms with Crippen LogP contribution < -0.4 is 29.8 Å². The van der Waals surface area contributed by atoms with E-state index in [9.17, 15) is 9.59 Å². The molecule has 0 unspecified atom stereocenters. The largest absolute Gasteiger partial charge is 0.493 e. The Morgan fingerprint density at radius 1 is 1.00 bits per heavy atom. The lowest BCUT2D eigenvalue weighted by Gasteiger charge is -2.13. The van der Waals surface area contributed by atoms with Gasteiger partial charge in [0.2, 0.25) is 12.7 Å². The predicted octanol–water partition coefficient (Wildman–Crippen LogP) is 4.22. The summed E-state index contributed by atoms with van der Waals surface area (Å²) >= 11 is 0. The molecule has 1 aliphatic heterocycles. The van der Waals surface area contributed by atoms with Gasteiger partial charge < -0.3 is 28.7 Å². The Balaban J connectivity index is 1.24. The van der Waals surface area contributed by atoms with Crippen LogP contribution in [0.1, 0.15) is 11.4 Å². The van der Waals surface area contributed by atoms with Crippen molar-refractivity contribution in [2.75, 3.05) is 27.6 Å². The fourth-order valence-electron chi connectivity index (χ4n) is 4.99. The maximum absolute atomic E-state index is 13.3. The molecule has 1 amide bonds. The summed E-state index contributed by atoms with van der Waals surface area (Å²) in [5, 5.41) is 4.13. The number of benzene rings is 3. The molecule has 2 aromatic heterocycles. The number of rotatable bonds is 8. The minimum absolute atomic E-state index is 0.0811. The normalized spacial score (nSPS) is 12.2. The second-order valence-corrected chi connectivity index (χ2v) is 9.34. The molecular weight excluding hydrogens is 514 g/mol. The topological polar surface area (TPSA) is 114 Å². The van der Waals surface area contributed by atoms with Gasteiger partial charge in [0.05, 0.1) is 31.5 Å². The first-order valence-electron chi connectivity index (χ1n) is 12.8. The molecule has 40 heavy (non-hydrogen) atoms. The summed E-state index contributed by atoms with van der Waals surface area (Å²) in [6.07, 6.45) is 0.0811. The van der Waals surface area contributed by atoms with Crippen molar-refractivity contribution in [2.45, 2.75) is 19.9 Å².